The topological polar surface area (TPSA) is 35.5 Å². The number of unbranched alkanes of at least 4 members (excludes halogenated alkanes) is 4. The molecule has 0 heterocycles. The molecular formula is C17H35O3SSi. The second kappa shape index (κ2) is 17.5. The molecule has 0 fully saturated rings. The fourth-order valence-electron chi connectivity index (χ4n) is 1.94. The van der Waals surface area contributed by atoms with Crippen molar-refractivity contribution in [3.63, 3.8) is 0 Å². The van der Waals surface area contributed by atoms with Crippen molar-refractivity contribution in [2.75, 3.05) is 19.0 Å². The van der Waals surface area contributed by atoms with Gasteiger partial charge in [0.15, 0.2) is 5.12 Å². The molecule has 0 amide bonds. The van der Waals surface area contributed by atoms with E-state index in [1.165, 1.54) is 31.0 Å². The molecule has 0 aromatic heterocycles. The summed E-state index contributed by atoms with van der Waals surface area (Å²) in [4.78, 5) is 11.7. The lowest BCUT2D eigenvalue weighted by atomic mass is 10.2. The summed E-state index contributed by atoms with van der Waals surface area (Å²) in [5.74, 6) is 0.948. The second-order valence-corrected chi connectivity index (χ2v) is 8.53. The van der Waals surface area contributed by atoms with Crippen LogP contribution in [0.4, 0.5) is 0 Å². The highest BCUT2D eigenvalue weighted by molar-refractivity contribution is 8.13. The number of hydrogen-bond donors (Lipinski definition) is 0. The van der Waals surface area contributed by atoms with E-state index in [2.05, 4.69) is 20.8 Å². The third-order valence-electron chi connectivity index (χ3n) is 3.21. The van der Waals surface area contributed by atoms with Crippen LogP contribution in [-0.4, -0.2) is 33.4 Å². The van der Waals surface area contributed by atoms with E-state index in [4.69, 9.17) is 8.85 Å². The minimum absolute atomic E-state index is 0.367. The highest BCUT2D eigenvalue weighted by Crippen LogP contribution is 2.14. The van der Waals surface area contributed by atoms with Crippen molar-refractivity contribution in [1.29, 1.82) is 0 Å². The Bertz CT molecular complexity index is 244. The fourth-order valence-corrected chi connectivity index (χ4v) is 4.58. The van der Waals surface area contributed by atoms with E-state index in [0.717, 1.165) is 63.5 Å². The predicted octanol–water partition coefficient (Wildman–Crippen LogP) is 5.34. The lowest BCUT2D eigenvalue weighted by Crippen LogP contribution is -2.23. The van der Waals surface area contributed by atoms with E-state index in [0.29, 0.717) is 5.12 Å². The van der Waals surface area contributed by atoms with Gasteiger partial charge in [0.25, 0.3) is 0 Å². The zero-order valence-electron chi connectivity index (χ0n) is 14.8. The van der Waals surface area contributed by atoms with Crippen molar-refractivity contribution >= 4 is 26.2 Å². The molecule has 1 radical (unpaired) electrons. The largest absolute Gasteiger partial charge is 0.393 e. The Hall–Kier alpha value is 0.157. The number of hydrogen-bond acceptors (Lipinski definition) is 4. The first kappa shape index (κ1) is 22.2. The van der Waals surface area contributed by atoms with Gasteiger partial charge in [-0.1, -0.05) is 58.2 Å². The lowest BCUT2D eigenvalue weighted by molar-refractivity contribution is -0.111. The van der Waals surface area contributed by atoms with Gasteiger partial charge in [0.2, 0.25) is 0 Å². The molecule has 3 nitrogen and oxygen atoms in total. The van der Waals surface area contributed by atoms with Gasteiger partial charge in [-0.2, -0.15) is 0 Å². The summed E-state index contributed by atoms with van der Waals surface area (Å²) in [5.41, 5.74) is 0. The summed E-state index contributed by atoms with van der Waals surface area (Å²) >= 11 is 1.51. The third kappa shape index (κ3) is 15.1. The Balaban J connectivity index is 3.55. The van der Waals surface area contributed by atoms with Crippen molar-refractivity contribution < 1.29 is 13.6 Å². The highest BCUT2D eigenvalue weighted by Gasteiger charge is 2.14. The van der Waals surface area contributed by atoms with E-state index in [1.54, 1.807) is 0 Å². The zero-order chi connectivity index (χ0) is 16.5. The number of rotatable bonds is 16. The Morgan fingerprint density at radius 2 is 1.55 bits per heavy atom. The van der Waals surface area contributed by atoms with Gasteiger partial charge in [-0.15, -0.1) is 0 Å². The van der Waals surface area contributed by atoms with Gasteiger partial charge in [-0.05, 0) is 31.7 Å². The molecule has 0 saturated heterocycles. The molecule has 0 spiro atoms. The quantitative estimate of drug-likeness (QED) is 0.279. The van der Waals surface area contributed by atoms with Crippen LogP contribution >= 0.6 is 11.8 Å². The van der Waals surface area contributed by atoms with Crippen molar-refractivity contribution in [3.8, 4) is 0 Å². The van der Waals surface area contributed by atoms with Crippen molar-refractivity contribution in [3.05, 3.63) is 0 Å². The van der Waals surface area contributed by atoms with Crippen LogP contribution in [-0.2, 0) is 13.6 Å². The van der Waals surface area contributed by atoms with Crippen molar-refractivity contribution in [2.24, 2.45) is 0 Å². The lowest BCUT2D eigenvalue weighted by Gasteiger charge is -2.14. The molecule has 0 aliphatic rings. The molecule has 0 rings (SSSR count). The van der Waals surface area contributed by atoms with Gasteiger partial charge in [0.1, 0.15) is 0 Å². The Morgan fingerprint density at radius 1 is 0.864 bits per heavy atom. The smallest absolute Gasteiger partial charge is 0.384 e. The number of carbonyl (C=O) groups is 1. The van der Waals surface area contributed by atoms with Crippen LogP contribution in [0.1, 0.15) is 78.6 Å². The van der Waals surface area contributed by atoms with Crippen LogP contribution in [0.5, 0.6) is 0 Å². The molecule has 131 valence electrons. The Kier molecular flexibility index (Phi) is 17.6. The van der Waals surface area contributed by atoms with Crippen LogP contribution in [0.15, 0.2) is 0 Å². The molecule has 5 heteroatoms. The molecule has 0 bridgehead atoms. The standard InChI is InChI=1S/C17H35O3SSi/c1-4-7-8-9-12-17(18)21-15-10-11-16-22(19-13-5-2)20-14-6-3/h4-16H2,1-3H3. The van der Waals surface area contributed by atoms with E-state index >= 15 is 0 Å². The Labute approximate surface area is 143 Å². The number of thioether (sulfide) groups is 1. The molecule has 0 atom stereocenters. The molecule has 0 saturated carbocycles. The summed E-state index contributed by atoms with van der Waals surface area (Å²) in [6, 6.07) is 1.04. The van der Waals surface area contributed by atoms with E-state index in [9.17, 15) is 4.79 Å². The first-order valence-electron chi connectivity index (χ1n) is 9.01. The van der Waals surface area contributed by atoms with E-state index in [-0.39, 0.29) is 0 Å². The fraction of sp³-hybridized carbons (Fsp3) is 0.941. The minimum atomic E-state index is -1.08. The predicted molar refractivity (Wildman–Crippen MR) is 98.5 cm³/mol. The summed E-state index contributed by atoms with van der Waals surface area (Å²) in [6.07, 6.45) is 9.77. The van der Waals surface area contributed by atoms with Crippen molar-refractivity contribution in [2.45, 2.75) is 84.6 Å². The van der Waals surface area contributed by atoms with Crippen LogP contribution in [0.3, 0.4) is 0 Å². The first-order chi connectivity index (χ1) is 10.7. The molecule has 0 aliphatic carbocycles. The highest BCUT2D eigenvalue weighted by atomic mass is 32.2. The van der Waals surface area contributed by atoms with Crippen LogP contribution in [0.25, 0.3) is 0 Å². The SMILES string of the molecule is CCCCCCC(=O)SCCCC[Si](OCCC)OCCC. The second-order valence-electron chi connectivity index (χ2n) is 5.56. The average molecular weight is 348 g/mol. The average Bonchev–Trinajstić information content (AvgIpc) is 2.53. The molecule has 22 heavy (non-hydrogen) atoms. The van der Waals surface area contributed by atoms with Gasteiger partial charge in [0.05, 0.1) is 0 Å². The first-order valence-corrected chi connectivity index (χ1v) is 11.5. The van der Waals surface area contributed by atoms with Gasteiger partial charge < -0.3 is 8.85 Å². The monoisotopic (exact) mass is 347 g/mol. The van der Waals surface area contributed by atoms with Gasteiger partial charge in [-0.3, -0.25) is 4.79 Å². The van der Waals surface area contributed by atoms with Crippen LogP contribution < -0.4 is 0 Å². The van der Waals surface area contributed by atoms with Crippen LogP contribution in [0.2, 0.25) is 6.04 Å². The molecule has 0 unspecified atom stereocenters. The van der Waals surface area contributed by atoms with Gasteiger partial charge in [-0.25, -0.2) is 0 Å². The summed E-state index contributed by atoms with van der Waals surface area (Å²) < 4.78 is 11.6. The molecular weight excluding hydrogens is 312 g/mol. The number of carbonyl (C=O) groups excluding carboxylic acids is 1. The zero-order valence-corrected chi connectivity index (χ0v) is 16.6. The third-order valence-corrected chi connectivity index (χ3v) is 6.04. The van der Waals surface area contributed by atoms with Crippen LogP contribution in [0, 0.1) is 0 Å². The summed E-state index contributed by atoms with van der Waals surface area (Å²) in [7, 11) is -1.08. The molecule has 0 aromatic rings. The summed E-state index contributed by atoms with van der Waals surface area (Å²) in [5, 5.41) is 0.367. The minimum Gasteiger partial charge on any atom is -0.393 e. The van der Waals surface area contributed by atoms with E-state index < -0.39 is 9.28 Å². The maximum absolute atomic E-state index is 11.7. The normalized spacial score (nSPS) is 11.3. The van der Waals surface area contributed by atoms with Crippen molar-refractivity contribution in [1.82, 2.24) is 0 Å². The van der Waals surface area contributed by atoms with Gasteiger partial charge in [0, 0.05) is 25.4 Å². The molecule has 0 N–H and O–H groups in total. The maximum Gasteiger partial charge on any atom is 0.384 e. The van der Waals surface area contributed by atoms with E-state index in [1.807, 2.05) is 0 Å². The molecule has 0 aliphatic heterocycles. The Morgan fingerprint density at radius 3 is 2.14 bits per heavy atom. The van der Waals surface area contributed by atoms with Gasteiger partial charge >= 0.3 is 9.28 Å². The maximum atomic E-state index is 11.7. The summed E-state index contributed by atoms with van der Waals surface area (Å²) in [6.45, 7) is 8.07. The molecule has 0 aromatic carbocycles.